The van der Waals surface area contributed by atoms with E-state index < -0.39 is 6.04 Å². The first-order valence-electron chi connectivity index (χ1n) is 11.9. The summed E-state index contributed by atoms with van der Waals surface area (Å²) in [5.41, 5.74) is 2.38. The number of halogens is 1. The van der Waals surface area contributed by atoms with Crippen LogP contribution in [0.2, 0.25) is 0 Å². The Hall–Kier alpha value is -3.18. The van der Waals surface area contributed by atoms with Crippen molar-refractivity contribution in [2.24, 2.45) is 0 Å². The number of hydrogen-bond donors (Lipinski definition) is 2. The third-order valence-electron chi connectivity index (χ3n) is 6.36. The van der Waals surface area contributed by atoms with Gasteiger partial charge in [-0.15, -0.1) is 0 Å². The van der Waals surface area contributed by atoms with E-state index in [-0.39, 0.29) is 29.0 Å². The van der Waals surface area contributed by atoms with Gasteiger partial charge in [0.05, 0.1) is 24.3 Å². The normalized spacial score (nSPS) is 15.2. The quantitative estimate of drug-likeness (QED) is 0.447. The molecule has 0 bridgehead atoms. The number of hydrogen-bond acceptors (Lipinski definition) is 4. The van der Waals surface area contributed by atoms with Crippen LogP contribution in [0.1, 0.15) is 80.5 Å². The highest BCUT2D eigenvalue weighted by molar-refractivity contribution is 9.10. The predicted molar refractivity (Wildman–Crippen MR) is 138 cm³/mol. The predicted octanol–water partition coefficient (Wildman–Crippen LogP) is 5.30. The van der Waals surface area contributed by atoms with Crippen LogP contribution in [0.5, 0.6) is 0 Å². The van der Waals surface area contributed by atoms with Gasteiger partial charge in [0.25, 0.3) is 5.91 Å². The Morgan fingerprint density at radius 2 is 1.89 bits per heavy atom. The third kappa shape index (κ3) is 5.73. The number of nitrogens with zero attached hydrogens (tertiary/aromatic N) is 3. The molecule has 0 aliphatic heterocycles. The van der Waals surface area contributed by atoms with Gasteiger partial charge in [0.15, 0.2) is 6.04 Å². The fourth-order valence-electron chi connectivity index (χ4n) is 4.41. The first-order valence-corrected chi connectivity index (χ1v) is 12.7. The van der Waals surface area contributed by atoms with E-state index in [1.54, 1.807) is 0 Å². The van der Waals surface area contributed by atoms with E-state index in [4.69, 9.17) is 0 Å². The van der Waals surface area contributed by atoms with E-state index in [0.29, 0.717) is 15.9 Å². The summed E-state index contributed by atoms with van der Waals surface area (Å²) in [4.78, 5) is 40.3. The molecule has 1 atom stereocenters. The minimum Gasteiger partial charge on any atom is -0.351 e. The minimum atomic E-state index is -1.01. The number of nitrogens with one attached hydrogen (secondary N) is 2. The number of aromatic nitrogens is 3. The Labute approximate surface area is 214 Å². The molecule has 4 rings (SSSR count). The molecule has 1 aliphatic carbocycles. The molecule has 1 saturated carbocycles. The van der Waals surface area contributed by atoms with Crippen LogP contribution in [0.15, 0.2) is 47.6 Å². The fraction of sp³-hybridized carbons (Fsp3) is 0.407. The van der Waals surface area contributed by atoms with E-state index in [0.717, 1.165) is 31.2 Å². The number of amides is 2. The van der Waals surface area contributed by atoms with Crippen molar-refractivity contribution >= 4 is 33.4 Å². The van der Waals surface area contributed by atoms with Crippen LogP contribution in [-0.2, 0) is 10.2 Å². The summed E-state index contributed by atoms with van der Waals surface area (Å²) in [6, 6.07) is 12.7. The van der Waals surface area contributed by atoms with Crippen molar-refractivity contribution in [1.82, 2.24) is 20.3 Å². The second kappa shape index (κ2) is 10.6. The molecule has 8 heteroatoms. The molecular weight excluding hydrogens is 506 g/mol. The van der Waals surface area contributed by atoms with Gasteiger partial charge in [-0.05, 0) is 57.9 Å². The van der Waals surface area contributed by atoms with Crippen molar-refractivity contribution in [1.29, 1.82) is 0 Å². The first kappa shape index (κ1) is 24.9. The molecule has 7 nitrogen and oxygen atoms in total. The highest BCUT2D eigenvalue weighted by Crippen LogP contribution is 2.33. The van der Waals surface area contributed by atoms with Crippen molar-refractivity contribution in [3.63, 3.8) is 0 Å². The number of rotatable bonds is 6. The molecule has 2 amide bonds. The topological polar surface area (TPSA) is 91.0 Å². The molecule has 1 unspecified atom stereocenters. The maximum Gasteiger partial charge on any atom is 0.277 e. The van der Waals surface area contributed by atoms with Crippen LogP contribution < -0.4 is 10.2 Å². The van der Waals surface area contributed by atoms with Crippen LogP contribution >= 0.6 is 15.9 Å². The van der Waals surface area contributed by atoms with Crippen molar-refractivity contribution in [3.05, 3.63) is 76.5 Å². The lowest BCUT2D eigenvalue weighted by Gasteiger charge is -2.33. The monoisotopic (exact) mass is 535 g/mol. The summed E-state index contributed by atoms with van der Waals surface area (Å²) in [6.45, 7) is 6.40. The van der Waals surface area contributed by atoms with E-state index in [1.807, 2.05) is 24.3 Å². The molecule has 1 aromatic carbocycles. The van der Waals surface area contributed by atoms with Gasteiger partial charge >= 0.3 is 0 Å². The molecule has 2 N–H and O–H groups in total. The summed E-state index contributed by atoms with van der Waals surface area (Å²) in [6.07, 6.45) is 9.58. The number of anilines is 1. The molecule has 0 saturated heterocycles. The third-order valence-corrected chi connectivity index (χ3v) is 6.99. The van der Waals surface area contributed by atoms with E-state index in [9.17, 15) is 9.59 Å². The second-order valence-electron chi connectivity index (χ2n) is 9.92. The van der Waals surface area contributed by atoms with Gasteiger partial charge in [0, 0.05) is 11.7 Å². The highest BCUT2D eigenvalue weighted by atomic mass is 79.9. The molecule has 35 heavy (non-hydrogen) atoms. The number of benzene rings is 1. The molecule has 3 aromatic rings. The maximum atomic E-state index is 13.9. The van der Waals surface area contributed by atoms with E-state index in [1.165, 1.54) is 30.0 Å². The van der Waals surface area contributed by atoms with Crippen LogP contribution in [0, 0.1) is 12.1 Å². The molecule has 2 aromatic heterocycles. The summed E-state index contributed by atoms with van der Waals surface area (Å²) in [5.74, 6) is -0.651. The zero-order valence-corrected chi connectivity index (χ0v) is 21.9. The largest absolute Gasteiger partial charge is 0.351 e. The summed E-state index contributed by atoms with van der Waals surface area (Å²) < 4.78 is 0.439. The average Bonchev–Trinajstić information content (AvgIpc) is 3.38. The lowest BCUT2D eigenvalue weighted by Crippen LogP contribution is -2.47. The van der Waals surface area contributed by atoms with Crippen molar-refractivity contribution < 1.29 is 9.59 Å². The number of H-pyrrole nitrogens is 1. The van der Waals surface area contributed by atoms with Crippen molar-refractivity contribution in [2.45, 2.75) is 70.4 Å². The first-order chi connectivity index (χ1) is 16.8. The molecule has 0 spiro atoms. The number of carbonyl (C=O) groups is 2. The van der Waals surface area contributed by atoms with Gasteiger partial charge in [-0.3, -0.25) is 14.5 Å². The van der Waals surface area contributed by atoms with Gasteiger partial charge < -0.3 is 10.3 Å². The molecule has 1 fully saturated rings. The Bertz CT molecular complexity index is 1150. The standard InChI is InChI=1S/C27H30BrN5O2/c1-27(2,3)18-11-13-20(14-12-18)33(26(35)22-16-29-17-31-22)23(21-10-7-15-30-24(21)28)25(34)32-19-8-5-4-6-9-19/h11-17,19,23H,4-6,8-9H2,1-3H3,(H,29,31)(H,32,34). The molecule has 2 heterocycles. The average molecular weight is 536 g/mol. The Morgan fingerprint density at radius 1 is 1.17 bits per heavy atom. The Morgan fingerprint density at radius 3 is 2.49 bits per heavy atom. The van der Waals surface area contributed by atoms with Gasteiger partial charge in [-0.25, -0.2) is 9.97 Å². The zero-order valence-electron chi connectivity index (χ0n) is 20.3. The number of aromatic amines is 1. The van der Waals surface area contributed by atoms with Gasteiger partial charge in [-0.2, -0.15) is 0 Å². The molecular formula is C27H30BrN5O2. The SMILES string of the molecule is CC(C)(C)c1ccc(N(C(=O)c2cnc[nH]2)C(C(=O)NC2CCCCC2)c2c#ccnc2Br)cc1. The lowest BCUT2D eigenvalue weighted by molar-refractivity contribution is -0.123. The summed E-state index contributed by atoms with van der Waals surface area (Å²) in [7, 11) is 0. The van der Waals surface area contributed by atoms with Gasteiger partial charge in [0.1, 0.15) is 10.3 Å². The Kier molecular flexibility index (Phi) is 7.56. The molecule has 0 radical (unpaired) electrons. The van der Waals surface area contributed by atoms with Crippen LogP contribution in [-0.4, -0.2) is 32.8 Å². The minimum absolute atomic E-state index is 0.0520. The number of carbonyl (C=O) groups excluding carboxylic acids is 2. The maximum absolute atomic E-state index is 13.9. The Balaban J connectivity index is 1.81. The molecule has 182 valence electrons. The van der Waals surface area contributed by atoms with E-state index in [2.05, 4.69) is 69.1 Å². The fourth-order valence-corrected chi connectivity index (χ4v) is 4.83. The van der Waals surface area contributed by atoms with Crippen LogP contribution in [0.25, 0.3) is 0 Å². The summed E-state index contributed by atoms with van der Waals surface area (Å²) >= 11 is 3.47. The van der Waals surface area contributed by atoms with E-state index >= 15 is 0 Å². The second-order valence-corrected chi connectivity index (χ2v) is 10.7. The van der Waals surface area contributed by atoms with Crippen molar-refractivity contribution in [3.8, 4) is 0 Å². The lowest BCUT2D eigenvalue weighted by atomic mass is 9.87. The van der Waals surface area contributed by atoms with Crippen molar-refractivity contribution in [2.75, 3.05) is 4.90 Å². The van der Waals surface area contributed by atoms with Crippen LogP contribution in [0.3, 0.4) is 0 Å². The molecule has 1 aliphatic rings. The zero-order chi connectivity index (χ0) is 25.0. The van der Waals surface area contributed by atoms with Gasteiger partial charge in [-0.1, -0.05) is 58.2 Å². The highest BCUT2D eigenvalue weighted by Gasteiger charge is 2.37. The van der Waals surface area contributed by atoms with Gasteiger partial charge in [0.2, 0.25) is 5.91 Å². The number of imidazole rings is 1. The van der Waals surface area contributed by atoms with Crippen LogP contribution in [0.4, 0.5) is 5.69 Å². The summed E-state index contributed by atoms with van der Waals surface area (Å²) in [5, 5.41) is 3.19. The smallest absolute Gasteiger partial charge is 0.277 e.